The Morgan fingerprint density at radius 3 is 2.74 bits per heavy atom. The van der Waals surface area contributed by atoms with E-state index in [1.165, 1.54) is 0 Å². The Kier molecular flexibility index (Phi) is 4.11. The summed E-state index contributed by atoms with van der Waals surface area (Å²) in [6, 6.07) is 5.08. The van der Waals surface area contributed by atoms with Gasteiger partial charge in [-0.3, -0.25) is 14.8 Å². The van der Waals surface area contributed by atoms with E-state index in [1.807, 2.05) is 6.92 Å². The summed E-state index contributed by atoms with van der Waals surface area (Å²) in [6.07, 6.45) is 3.31. The fourth-order valence-electron chi connectivity index (χ4n) is 1.53. The summed E-state index contributed by atoms with van der Waals surface area (Å²) in [5, 5.41) is 2.77. The van der Waals surface area contributed by atoms with Crippen LogP contribution >= 0.6 is 15.9 Å². The molecule has 19 heavy (non-hydrogen) atoms. The molecule has 0 unspecified atom stereocenters. The van der Waals surface area contributed by atoms with Crippen molar-refractivity contribution < 1.29 is 4.79 Å². The van der Waals surface area contributed by atoms with Crippen molar-refractivity contribution in [3.63, 3.8) is 0 Å². The molecular formula is C13H13BrN4O. The second kappa shape index (κ2) is 5.79. The number of amides is 1. The molecule has 0 saturated carbocycles. The van der Waals surface area contributed by atoms with E-state index in [1.54, 1.807) is 30.6 Å². The fraction of sp³-hybridized carbons (Fsp3) is 0.154. The number of aromatic nitrogens is 2. The molecule has 0 radical (unpaired) electrons. The van der Waals surface area contributed by atoms with Crippen LogP contribution in [0.3, 0.4) is 0 Å². The number of aryl methyl sites for hydroxylation is 1. The molecule has 0 aliphatic heterocycles. The summed E-state index contributed by atoms with van der Waals surface area (Å²) >= 11 is 3.30. The average molecular weight is 321 g/mol. The van der Waals surface area contributed by atoms with Crippen LogP contribution < -0.4 is 11.1 Å². The summed E-state index contributed by atoms with van der Waals surface area (Å²) in [5.41, 5.74) is 8.28. The zero-order valence-corrected chi connectivity index (χ0v) is 11.9. The first-order valence-electron chi connectivity index (χ1n) is 5.66. The van der Waals surface area contributed by atoms with Gasteiger partial charge in [0.25, 0.3) is 5.91 Å². The van der Waals surface area contributed by atoms with Crippen molar-refractivity contribution in [2.24, 2.45) is 0 Å². The highest BCUT2D eigenvalue weighted by Gasteiger charge is 2.07. The summed E-state index contributed by atoms with van der Waals surface area (Å²) in [6.45, 7) is 2.19. The minimum Gasteiger partial charge on any atom is -0.399 e. The molecule has 98 valence electrons. The first-order valence-corrected chi connectivity index (χ1v) is 6.45. The molecular weight excluding hydrogens is 308 g/mol. The number of hydrogen-bond acceptors (Lipinski definition) is 4. The van der Waals surface area contributed by atoms with Gasteiger partial charge in [-0.25, -0.2) is 0 Å². The van der Waals surface area contributed by atoms with Crippen molar-refractivity contribution in [1.29, 1.82) is 0 Å². The second-order valence-corrected chi connectivity index (χ2v) is 5.02. The van der Waals surface area contributed by atoms with Gasteiger partial charge >= 0.3 is 0 Å². The van der Waals surface area contributed by atoms with Gasteiger partial charge in [-0.2, -0.15) is 0 Å². The van der Waals surface area contributed by atoms with E-state index in [4.69, 9.17) is 5.73 Å². The molecule has 0 bridgehead atoms. The number of nitrogens with zero attached hydrogens (tertiary/aromatic N) is 2. The standard InChI is InChI=1S/C13H13BrN4O/c1-8-5-17-12(6-16-8)7-18-13(19)9-2-10(14)4-11(15)3-9/h2-6H,7,15H2,1H3,(H,18,19). The third kappa shape index (κ3) is 3.75. The van der Waals surface area contributed by atoms with Crippen molar-refractivity contribution in [3.8, 4) is 0 Å². The Morgan fingerprint density at radius 1 is 1.32 bits per heavy atom. The number of benzene rings is 1. The molecule has 2 aromatic rings. The Labute approximate surface area is 119 Å². The van der Waals surface area contributed by atoms with Gasteiger partial charge in [0.05, 0.1) is 24.1 Å². The smallest absolute Gasteiger partial charge is 0.251 e. The number of nitrogens with one attached hydrogen (secondary N) is 1. The predicted octanol–water partition coefficient (Wildman–Crippen LogP) is 2.06. The summed E-state index contributed by atoms with van der Waals surface area (Å²) in [7, 11) is 0. The molecule has 0 fully saturated rings. The van der Waals surface area contributed by atoms with Crippen LogP contribution in [0.2, 0.25) is 0 Å². The second-order valence-electron chi connectivity index (χ2n) is 4.11. The van der Waals surface area contributed by atoms with E-state index < -0.39 is 0 Å². The normalized spacial score (nSPS) is 10.2. The van der Waals surface area contributed by atoms with E-state index in [9.17, 15) is 4.79 Å². The summed E-state index contributed by atoms with van der Waals surface area (Å²) in [4.78, 5) is 20.2. The molecule has 1 aromatic heterocycles. The number of nitrogen functional groups attached to an aromatic ring is 1. The maximum atomic E-state index is 12.0. The molecule has 6 heteroatoms. The van der Waals surface area contributed by atoms with Gasteiger partial charge in [-0.05, 0) is 25.1 Å². The lowest BCUT2D eigenvalue weighted by atomic mass is 10.2. The average Bonchev–Trinajstić information content (AvgIpc) is 2.36. The Morgan fingerprint density at radius 2 is 2.11 bits per heavy atom. The third-order valence-electron chi connectivity index (χ3n) is 2.45. The first-order chi connectivity index (χ1) is 9.04. The molecule has 2 rings (SSSR count). The number of carbonyl (C=O) groups is 1. The molecule has 0 saturated heterocycles. The van der Waals surface area contributed by atoms with Crippen LogP contribution in [-0.2, 0) is 6.54 Å². The van der Waals surface area contributed by atoms with E-state index in [2.05, 4.69) is 31.2 Å². The van der Waals surface area contributed by atoms with Gasteiger partial charge in [-0.15, -0.1) is 0 Å². The SMILES string of the molecule is Cc1cnc(CNC(=O)c2cc(N)cc(Br)c2)cn1. The molecule has 0 spiro atoms. The lowest BCUT2D eigenvalue weighted by Gasteiger charge is -2.06. The zero-order chi connectivity index (χ0) is 13.8. The molecule has 3 N–H and O–H groups in total. The topological polar surface area (TPSA) is 80.9 Å². The maximum Gasteiger partial charge on any atom is 0.251 e. The van der Waals surface area contributed by atoms with Crippen LogP contribution in [0.5, 0.6) is 0 Å². The van der Waals surface area contributed by atoms with Crippen molar-refractivity contribution in [2.45, 2.75) is 13.5 Å². The Balaban J connectivity index is 2.03. The van der Waals surface area contributed by atoms with E-state index in [0.29, 0.717) is 23.5 Å². The van der Waals surface area contributed by atoms with Crippen molar-refractivity contribution >= 4 is 27.5 Å². The highest BCUT2D eigenvalue weighted by Crippen LogP contribution is 2.17. The summed E-state index contributed by atoms with van der Waals surface area (Å²) < 4.78 is 0.771. The number of rotatable bonds is 3. The minimum absolute atomic E-state index is 0.199. The zero-order valence-electron chi connectivity index (χ0n) is 10.4. The molecule has 1 heterocycles. The Bertz CT molecular complexity index is 578. The van der Waals surface area contributed by atoms with Crippen LogP contribution in [0.4, 0.5) is 5.69 Å². The van der Waals surface area contributed by atoms with Gasteiger partial charge < -0.3 is 11.1 Å². The van der Waals surface area contributed by atoms with Gasteiger partial charge in [0.2, 0.25) is 0 Å². The molecule has 1 amide bonds. The molecule has 0 aliphatic rings. The number of nitrogens with two attached hydrogens (primary N) is 1. The predicted molar refractivity (Wildman–Crippen MR) is 76.5 cm³/mol. The lowest BCUT2D eigenvalue weighted by Crippen LogP contribution is -2.23. The number of carbonyl (C=O) groups excluding carboxylic acids is 1. The van der Waals surface area contributed by atoms with E-state index in [0.717, 1.165) is 10.2 Å². The Hall–Kier alpha value is -1.95. The first kappa shape index (κ1) is 13.5. The van der Waals surface area contributed by atoms with E-state index in [-0.39, 0.29) is 5.91 Å². The van der Waals surface area contributed by atoms with E-state index >= 15 is 0 Å². The van der Waals surface area contributed by atoms with Crippen LogP contribution in [0.15, 0.2) is 35.1 Å². The molecule has 5 nitrogen and oxygen atoms in total. The van der Waals surface area contributed by atoms with Crippen molar-refractivity contribution in [2.75, 3.05) is 5.73 Å². The maximum absolute atomic E-state index is 12.0. The van der Waals surface area contributed by atoms with Crippen LogP contribution in [-0.4, -0.2) is 15.9 Å². The van der Waals surface area contributed by atoms with Crippen LogP contribution in [0.25, 0.3) is 0 Å². The lowest BCUT2D eigenvalue weighted by molar-refractivity contribution is 0.0950. The number of halogens is 1. The largest absolute Gasteiger partial charge is 0.399 e. The molecule has 1 aromatic carbocycles. The van der Waals surface area contributed by atoms with Gasteiger partial charge in [-0.1, -0.05) is 15.9 Å². The van der Waals surface area contributed by atoms with Crippen molar-refractivity contribution in [3.05, 3.63) is 52.0 Å². The number of anilines is 1. The highest BCUT2D eigenvalue weighted by atomic mass is 79.9. The highest BCUT2D eigenvalue weighted by molar-refractivity contribution is 9.10. The third-order valence-corrected chi connectivity index (χ3v) is 2.90. The quantitative estimate of drug-likeness (QED) is 0.848. The molecule has 0 aliphatic carbocycles. The van der Waals surface area contributed by atoms with Crippen LogP contribution in [0.1, 0.15) is 21.7 Å². The number of hydrogen-bond donors (Lipinski definition) is 2. The fourth-order valence-corrected chi connectivity index (χ4v) is 2.04. The molecule has 0 atom stereocenters. The van der Waals surface area contributed by atoms with Gasteiger partial charge in [0, 0.05) is 21.9 Å². The minimum atomic E-state index is -0.199. The van der Waals surface area contributed by atoms with Crippen molar-refractivity contribution in [1.82, 2.24) is 15.3 Å². The van der Waals surface area contributed by atoms with Gasteiger partial charge in [0.15, 0.2) is 0 Å². The summed E-state index contributed by atoms with van der Waals surface area (Å²) in [5.74, 6) is -0.199. The van der Waals surface area contributed by atoms with Gasteiger partial charge in [0.1, 0.15) is 0 Å². The monoisotopic (exact) mass is 320 g/mol. The van der Waals surface area contributed by atoms with Crippen LogP contribution in [0, 0.1) is 6.92 Å².